The van der Waals surface area contributed by atoms with Gasteiger partial charge in [-0.25, -0.2) is 0 Å². The molecule has 0 saturated carbocycles. The van der Waals surface area contributed by atoms with Crippen molar-refractivity contribution in [1.82, 2.24) is 9.78 Å². The normalized spacial score (nSPS) is 20.8. The van der Waals surface area contributed by atoms with Crippen LogP contribution in [0.15, 0.2) is 0 Å². The van der Waals surface area contributed by atoms with Crippen LogP contribution in [0.5, 0.6) is 0 Å². The maximum absolute atomic E-state index is 6.01. The Bertz CT molecular complexity index is 341. The van der Waals surface area contributed by atoms with Gasteiger partial charge < -0.3 is 15.8 Å². The monoisotopic (exact) mass is 210 g/mol. The number of hydrogen-bond acceptors (Lipinski definition) is 4. The lowest BCUT2D eigenvalue weighted by atomic mass is 10.2. The van der Waals surface area contributed by atoms with Crippen LogP contribution in [0.25, 0.3) is 0 Å². The molecule has 1 unspecified atom stereocenters. The summed E-state index contributed by atoms with van der Waals surface area (Å²) in [5.74, 6) is 0.919. The van der Waals surface area contributed by atoms with Crippen molar-refractivity contribution in [2.24, 2.45) is 7.05 Å². The van der Waals surface area contributed by atoms with Crippen molar-refractivity contribution in [3.8, 4) is 0 Å². The van der Waals surface area contributed by atoms with Crippen molar-refractivity contribution in [3.05, 3.63) is 5.69 Å². The highest BCUT2D eigenvalue weighted by atomic mass is 16.5. The zero-order chi connectivity index (χ0) is 10.8. The molecule has 1 aromatic rings. The number of nitrogens with two attached hydrogens (primary N) is 1. The number of hydrogen-bond donors (Lipinski definition) is 2. The van der Waals surface area contributed by atoms with E-state index in [-0.39, 0.29) is 0 Å². The smallest absolute Gasteiger partial charge is 0.148 e. The number of nitrogens with zero attached hydrogens (tertiary/aromatic N) is 2. The molecule has 0 aliphatic carbocycles. The van der Waals surface area contributed by atoms with Crippen molar-refractivity contribution in [2.45, 2.75) is 25.8 Å². The summed E-state index contributed by atoms with van der Waals surface area (Å²) in [7, 11) is 1.91. The van der Waals surface area contributed by atoms with Gasteiger partial charge in [-0.1, -0.05) is 6.92 Å². The minimum Gasteiger partial charge on any atom is -0.394 e. The van der Waals surface area contributed by atoms with Crippen molar-refractivity contribution in [3.63, 3.8) is 0 Å². The van der Waals surface area contributed by atoms with Gasteiger partial charge >= 0.3 is 0 Å². The van der Waals surface area contributed by atoms with Crippen molar-refractivity contribution < 1.29 is 4.74 Å². The summed E-state index contributed by atoms with van der Waals surface area (Å²) in [6, 6.07) is 0.368. The first-order chi connectivity index (χ1) is 7.22. The molecule has 2 heterocycles. The van der Waals surface area contributed by atoms with Crippen LogP contribution in [0, 0.1) is 0 Å². The van der Waals surface area contributed by atoms with E-state index in [0.29, 0.717) is 6.04 Å². The lowest BCUT2D eigenvalue weighted by Crippen LogP contribution is -2.21. The van der Waals surface area contributed by atoms with Gasteiger partial charge in [0.25, 0.3) is 0 Å². The third-order valence-corrected chi connectivity index (χ3v) is 2.77. The minimum absolute atomic E-state index is 0.368. The zero-order valence-electron chi connectivity index (χ0n) is 9.29. The zero-order valence-corrected chi connectivity index (χ0v) is 9.29. The molecule has 1 aromatic heterocycles. The van der Waals surface area contributed by atoms with Crippen molar-refractivity contribution in [1.29, 1.82) is 0 Å². The predicted molar refractivity (Wildman–Crippen MR) is 59.8 cm³/mol. The number of rotatable bonds is 3. The number of aromatic nitrogens is 2. The van der Waals surface area contributed by atoms with Crippen LogP contribution >= 0.6 is 0 Å². The molecule has 1 aliphatic rings. The van der Waals surface area contributed by atoms with E-state index in [1.54, 1.807) is 0 Å². The molecule has 2 rings (SSSR count). The lowest BCUT2D eigenvalue weighted by Gasteiger charge is -2.12. The van der Waals surface area contributed by atoms with E-state index in [0.717, 1.165) is 43.3 Å². The van der Waals surface area contributed by atoms with Crippen molar-refractivity contribution in [2.75, 3.05) is 24.3 Å². The number of aryl methyl sites for hydroxylation is 2. The van der Waals surface area contributed by atoms with Crippen LogP contribution in [-0.4, -0.2) is 29.0 Å². The highest BCUT2D eigenvalue weighted by Crippen LogP contribution is 2.24. The van der Waals surface area contributed by atoms with Gasteiger partial charge in [0, 0.05) is 13.7 Å². The van der Waals surface area contributed by atoms with Gasteiger partial charge in [-0.3, -0.25) is 4.68 Å². The van der Waals surface area contributed by atoms with Crippen LogP contribution < -0.4 is 11.1 Å². The molecule has 1 atom stereocenters. The fraction of sp³-hybridized carbons (Fsp3) is 0.700. The Labute approximate surface area is 89.6 Å². The van der Waals surface area contributed by atoms with Gasteiger partial charge in [0.2, 0.25) is 0 Å². The summed E-state index contributed by atoms with van der Waals surface area (Å²) < 4.78 is 7.12. The molecular formula is C10H18N4O. The molecule has 0 bridgehead atoms. The van der Waals surface area contributed by atoms with Gasteiger partial charge in [0.1, 0.15) is 5.82 Å². The van der Waals surface area contributed by atoms with Gasteiger partial charge in [0.05, 0.1) is 24.0 Å². The van der Waals surface area contributed by atoms with E-state index in [2.05, 4.69) is 17.3 Å². The first kappa shape index (κ1) is 10.3. The number of nitrogen functional groups attached to an aromatic ring is 1. The number of ether oxygens (including phenoxy) is 1. The minimum atomic E-state index is 0.368. The van der Waals surface area contributed by atoms with E-state index in [1.165, 1.54) is 0 Å². The van der Waals surface area contributed by atoms with Gasteiger partial charge in [-0.05, 0) is 12.8 Å². The largest absolute Gasteiger partial charge is 0.394 e. The average Bonchev–Trinajstić information content (AvgIpc) is 2.81. The summed E-state index contributed by atoms with van der Waals surface area (Å²) in [4.78, 5) is 0. The molecular weight excluding hydrogens is 192 g/mol. The molecule has 5 heteroatoms. The van der Waals surface area contributed by atoms with Gasteiger partial charge in [0.15, 0.2) is 0 Å². The first-order valence-corrected chi connectivity index (χ1v) is 5.38. The molecule has 0 spiro atoms. The second-order valence-corrected chi connectivity index (χ2v) is 3.89. The van der Waals surface area contributed by atoms with Crippen LogP contribution in [0.1, 0.15) is 19.0 Å². The standard InChI is InChI=1S/C10H18N4O/c1-3-8-9(11)10(14(2)13-8)12-7-4-5-15-6-7/h7,12H,3-6,11H2,1-2H3. The highest BCUT2D eigenvalue weighted by Gasteiger charge is 2.19. The van der Waals surface area contributed by atoms with Crippen LogP contribution in [0.4, 0.5) is 11.5 Å². The van der Waals surface area contributed by atoms with E-state index < -0.39 is 0 Å². The SMILES string of the molecule is CCc1nn(C)c(NC2CCOC2)c1N. The Hall–Kier alpha value is -1.23. The molecule has 15 heavy (non-hydrogen) atoms. The lowest BCUT2D eigenvalue weighted by molar-refractivity contribution is 0.195. The summed E-state index contributed by atoms with van der Waals surface area (Å²) in [6.07, 6.45) is 1.90. The molecule has 0 radical (unpaired) electrons. The third kappa shape index (κ3) is 1.92. The quantitative estimate of drug-likeness (QED) is 0.773. The second kappa shape index (κ2) is 4.10. The van der Waals surface area contributed by atoms with Gasteiger partial charge in [-0.15, -0.1) is 0 Å². The van der Waals surface area contributed by atoms with E-state index >= 15 is 0 Å². The molecule has 0 aromatic carbocycles. The van der Waals surface area contributed by atoms with Gasteiger partial charge in [-0.2, -0.15) is 5.10 Å². The number of anilines is 2. The van der Waals surface area contributed by atoms with Crippen LogP contribution in [0.3, 0.4) is 0 Å². The Morgan fingerprint density at radius 3 is 3.00 bits per heavy atom. The Morgan fingerprint density at radius 1 is 1.67 bits per heavy atom. The second-order valence-electron chi connectivity index (χ2n) is 3.89. The van der Waals surface area contributed by atoms with Crippen LogP contribution in [0.2, 0.25) is 0 Å². The fourth-order valence-corrected chi connectivity index (χ4v) is 1.87. The Morgan fingerprint density at radius 2 is 2.47 bits per heavy atom. The molecule has 1 aliphatic heterocycles. The topological polar surface area (TPSA) is 65.1 Å². The maximum atomic E-state index is 6.01. The summed E-state index contributed by atoms with van der Waals surface area (Å²) in [5.41, 5.74) is 7.73. The molecule has 84 valence electrons. The maximum Gasteiger partial charge on any atom is 0.148 e. The number of nitrogens with one attached hydrogen (secondary N) is 1. The van der Waals surface area contributed by atoms with Crippen molar-refractivity contribution >= 4 is 11.5 Å². The Balaban J connectivity index is 2.15. The molecule has 0 amide bonds. The Kier molecular flexibility index (Phi) is 2.81. The van der Waals surface area contributed by atoms with Crippen LogP contribution in [-0.2, 0) is 18.2 Å². The molecule has 5 nitrogen and oxygen atoms in total. The predicted octanol–water partition coefficient (Wildman–Crippen LogP) is 0.765. The summed E-state index contributed by atoms with van der Waals surface area (Å²) in [5, 5.41) is 7.74. The summed E-state index contributed by atoms with van der Waals surface area (Å²) in [6.45, 7) is 3.64. The van der Waals surface area contributed by atoms with E-state index in [1.807, 2.05) is 11.7 Å². The first-order valence-electron chi connectivity index (χ1n) is 5.38. The van der Waals surface area contributed by atoms with E-state index in [4.69, 9.17) is 10.5 Å². The third-order valence-electron chi connectivity index (χ3n) is 2.77. The summed E-state index contributed by atoms with van der Waals surface area (Å²) >= 11 is 0. The molecule has 1 saturated heterocycles. The molecule has 1 fully saturated rings. The average molecular weight is 210 g/mol. The fourth-order valence-electron chi connectivity index (χ4n) is 1.87. The molecule has 3 N–H and O–H groups in total. The highest BCUT2D eigenvalue weighted by molar-refractivity contribution is 5.65. The van der Waals surface area contributed by atoms with E-state index in [9.17, 15) is 0 Å².